The molecule has 0 amide bonds. The Morgan fingerprint density at radius 3 is 1.43 bits per heavy atom. The fraction of sp³-hybridized carbons (Fsp3) is 0.870. The van der Waals surface area contributed by atoms with E-state index in [9.17, 15) is 14.4 Å². The number of allylic oxidation sites excluding steroid dienone is 1. The van der Waals surface area contributed by atoms with Gasteiger partial charge in [-0.15, -0.1) is 0 Å². The molecule has 0 fully saturated rings. The third-order valence-corrected chi connectivity index (χ3v) is 12.6. The summed E-state index contributed by atoms with van der Waals surface area (Å²) in [6, 6.07) is 0. The maximum absolute atomic E-state index is 12.9. The van der Waals surface area contributed by atoms with E-state index in [4.69, 9.17) is 9.47 Å². The molecule has 0 aliphatic carbocycles. The molecular weight excluding hydrogens is 785 g/mol. The maximum Gasteiger partial charge on any atom is 0.306 e. The van der Waals surface area contributed by atoms with E-state index >= 15 is 0 Å². The Morgan fingerprint density at radius 2 is 0.921 bits per heavy atom. The average Bonchev–Trinajstić information content (AvgIpc) is 3.27. The standard InChI is InChI=1S/C54H102N4O5/c1-7-10-13-16-19-28-35-47-62-48(4)37-29-22-20-26-33-43-58(45-36-41-55-51-52(54(61)53(51)60)56-42-46-57(5)6)44-34-27-21-25-32-40-50(59)63-49(38-30-23-17-14-11-8-2)39-31-24-18-15-12-9-3/h49,55-56H,4,7-47H2,1-3,5-6H3. The quantitative estimate of drug-likeness (QED) is 0.0287. The summed E-state index contributed by atoms with van der Waals surface area (Å²) in [7, 11) is 3.98. The molecule has 1 aromatic rings. The number of carbonyl (C=O) groups is 1. The molecule has 0 unspecified atom stereocenters. The van der Waals surface area contributed by atoms with Crippen LogP contribution in [0.15, 0.2) is 21.9 Å². The Balaban J connectivity index is 2.45. The number of hydrogen-bond acceptors (Lipinski definition) is 9. The number of nitrogens with one attached hydrogen (secondary N) is 2. The molecule has 2 N–H and O–H groups in total. The molecule has 0 bridgehead atoms. The fourth-order valence-electron chi connectivity index (χ4n) is 8.47. The molecule has 0 aliphatic heterocycles. The highest BCUT2D eigenvalue weighted by molar-refractivity contribution is 5.73. The number of likely N-dealkylation sites (N-methyl/N-ethyl adjacent to an activating group) is 1. The summed E-state index contributed by atoms with van der Waals surface area (Å²) < 4.78 is 12.0. The molecule has 0 saturated heterocycles. The van der Waals surface area contributed by atoms with Gasteiger partial charge in [0.1, 0.15) is 17.5 Å². The van der Waals surface area contributed by atoms with Crippen LogP contribution in [0.5, 0.6) is 0 Å². The van der Waals surface area contributed by atoms with Gasteiger partial charge in [-0.05, 0) is 97.9 Å². The predicted octanol–water partition coefficient (Wildman–Crippen LogP) is 13.7. The van der Waals surface area contributed by atoms with Crippen LogP contribution >= 0.6 is 0 Å². The number of hydrogen-bond donors (Lipinski definition) is 2. The van der Waals surface area contributed by atoms with Crippen LogP contribution < -0.4 is 21.5 Å². The summed E-state index contributed by atoms with van der Waals surface area (Å²) >= 11 is 0. The van der Waals surface area contributed by atoms with Gasteiger partial charge in [0.05, 0.1) is 12.4 Å². The topological polar surface area (TPSA) is 100 Å². The Bertz CT molecular complexity index is 1260. The molecule has 0 atom stereocenters. The van der Waals surface area contributed by atoms with Crippen LogP contribution in [0.25, 0.3) is 0 Å². The van der Waals surface area contributed by atoms with Crippen LogP contribution in [-0.4, -0.2) is 81.8 Å². The Labute approximate surface area is 388 Å². The minimum atomic E-state index is -0.411. The molecule has 0 spiro atoms. The second kappa shape index (κ2) is 42.3. The highest BCUT2D eigenvalue weighted by Crippen LogP contribution is 2.19. The molecule has 0 aliphatic rings. The lowest BCUT2D eigenvalue weighted by Crippen LogP contribution is -2.39. The third-order valence-electron chi connectivity index (χ3n) is 12.6. The predicted molar refractivity (Wildman–Crippen MR) is 272 cm³/mol. The van der Waals surface area contributed by atoms with Gasteiger partial charge in [0.2, 0.25) is 0 Å². The monoisotopic (exact) mass is 887 g/mol. The average molecular weight is 887 g/mol. The molecule has 0 saturated carbocycles. The van der Waals surface area contributed by atoms with Crippen molar-refractivity contribution in [3.8, 4) is 0 Å². The molecule has 1 aromatic carbocycles. The van der Waals surface area contributed by atoms with E-state index in [0.29, 0.717) is 30.9 Å². The number of carbonyl (C=O) groups excluding carboxylic acids is 1. The second-order valence-corrected chi connectivity index (χ2v) is 19.0. The van der Waals surface area contributed by atoms with Crippen molar-refractivity contribution in [1.82, 2.24) is 9.80 Å². The SMILES string of the molecule is C=C(CCCCCCCN(CCCCCCCC(=O)OC(CCCCCCCC)CCCCCCCC)CCCNc1c(NCCN(C)C)c(=O)c1=O)OCCCCCCCCC. The van der Waals surface area contributed by atoms with Crippen molar-refractivity contribution < 1.29 is 14.3 Å². The number of esters is 1. The molecule has 0 radical (unpaired) electrons. The zero-order valence-corrected chi connectivity index (χ0v) is 42.2. The first-order valence-corrected chi connectivity index (χ1v) is 26.9. The van der Waals surface area contributed by atoms with Gasteiger partial charge in [-0.3, -0.25) is 14.4 Å². The van der Waals surface area contributed by atoms with Crippen molar-refractivity contribution >= 4 is 17.3 Å². The molecule has 9 heteroatoms. The Morgan fingerprint density at radius 1 is 0.508 bits per heavy atom. The fourth-order valence-corrected chi connectivity index (χ4v) is 8.47. The van der Waals surface area contributed by atoms with Crippen LogP contribution in [0.3, 0.4) is 0 Å². The van der Waals surface area contributed by atoms with E-state index in [1.165, 1.54) is 148 Å². The normalized spacial score (nSPS) is 11.7. The summed E-state index contributed by atoms with van der Waals surface area (Å²) in [6.07, 6.45) is 40.4. The highest BCUT2D eigenvalue weighted by atomic mass is 16.5. The minimum Gasteiger partial charge on any atom is -0.499 e. The molecule has 1 rings (SSSR count). The smallest absolute Gasteiger partial charge is 0.306 e. The largest absolute Gasteiger partial charge is 0.499 e. The number of ether oxygens (including phenoxy) is 2. The van der Waals surface area contributed by atoms with Crippen molar-refractivity contribution in [3.05, 3.63) is 32.8 Å². The minimum absolute atomic E-state index is 0.00835. The highest BCUT2D eigenvalue weighted by Gasteiger charge is 2.20. The zero-order valence-electron chi connectivity index (χ0n) is 42.2. The number of unbranched alkanes of at least 4 members (excludes halogenated alkanes) is 24. The van der Waals surface area contributed by atoms with Gasteiger partial charge < -0.3 is 29.9 Å². The third kappa shape index (κ3) is 33.7. The molecule has 0 heterocycles. The van der Waals surface area contributed by atoms with Gasteiger partial charge in [0.15, 0.2) is 0 Å². The van der Waals surface area contributed by atoms with Crippen molar-refractivity contribution in [1.29, 1.82) is 0 Å². The van der Waals surface area contributed by atoms with Crippen molar-refractivity contribution in [2.24, 2.45) is 0 Å². The van der Waals surface area contributed by atoms with Crippen molar-refractivity contribution in [3.63, 3.8) is 0 Å². The van der Waals surface area contributed by atoms with E-state index in [2.05, 4.69) is 42.9 Å². The zero-order chi connectivity index (χ0) is 46.0. The first kappa shape index (κ1) is 58.6. The van der Waals surface area contributed by atoms with Crippen LogP contribution in [0.2, 0.25) is 0 Å². The Kier molecular flexibility index (Phi) is 39.3. The van der Waals surface area contributed by atoms with Gasteiger partial charge in [0, 0.05) is 32.5 Å². The van der Waals surface area contributed by atoms with Gasteiger partial charge >= 0.3 is 5.97 Å². The van der Waals surface area contributed by atoms with Crippen molar-refractivity contribution in [2.75, 3.05) is 70.6 Å². The Hall–Kier alpha value is -2.39. The second-order valence-electron chi connectivity index (χ2n) is 19.0. The lowest BCUT2D eigenvalue weighted by molar-refractivity contribution is -0.150. The van der Waals surface area contributed by atoms with Crippen LogP contribution in [0, 0.1) is 0 Å². The number of rotatable bonds is 49. The number of anilines is 2. The molecule has 0 aromatic heterocycles. The van der Waals surface area contributed by atoms with E-state index in [1.54, 1.807) is 0 Å². The van der Waals surface area contributed by atoms with Crippen LogP contribution in [0.4, 0.5) is 11.4 Å². The van der Waals surface area contributed by atoms with E-state index in [0.717, 1.165) is 103 Å². The van der Waals surface area contributed by atoms with E-state index in [1.807, 2.05) is 19.0 Å². The summed E-state index contributed by atoms with van der Waals surface area (Å²) in [4.78, 5) is 42.0. The molecular formula is C54H102N4O5. The first-order valence-electron chi connectivity index (χ1n) is 26.9. The van der Waals surface area contributed by atoms with Gasteiger partial charge in [-0.1, -0.05) is 169 Å². The van der Waals surface area contributed by atoms with Gasteiger partial charge in [-0.25, -0.2) is 0 Å². The first-order chi connectivity index (χ1) is 30.7. The molecule has 368 valence electrons. The summed E-state index contributed by atoms with van der Waals surface area (Å²) in [5.74, 6) is 0.959. The van der Waals surface area contributed by atoms with Crippen LogP contribution in [0.1, 0.15) is 239 Å². The van der Waals surface area contributed by atoms with E-state index < -0.39 is 10.9 Å². The summed E-state index contributed by atoms with van der Waals surface area (Å²) in [5.41, 5.74) is 0.0749. The van der Waals surface area contributed by atoms with E-state index in [-0.39, 0.29) is 12.1 Å². The molecule has 9 nitrogen and oxygen atoms in total. The maximum atomic E-state index is 12.9. The molecule has 63 heavy (non-hydrogen) atoms. The summed E-state index contributed by atoms with van der Waals surface area (Å²) in [5, 5.41) is 6.43. The van der Waals surface area contributed by atoms with Gasteiger partial charge in [0.25, 0.3) is 10.9 Å². The van der Waals surface area contributed by atoms with Crippen LogP contribution in [-0.2, 0) is 14.3 Å². The lowest BCUT2D eigenvalue weighted by atomic mass is 10.0. The van der Waals surface area contributed by atoms with Crippen molar-refractivity contribution in [2.45, 2.75) is 245 Å². The lowest BCUT2D eigenvalue weighted by Gasteiger charge is -2.23. The number of nitrogens with zero attached hydrogens (tertiary/aromatic N) is 2. The summed E-state index contributed by atoms with van der Waals surface area (Å²) in [6.45, 7) is 17.0. The van der Waals surface area contributed by atoms with Gasteiger partial charge in [-0.2, -0.15) is 0 Å².